The van der Waals surface area contributed by atoms with E-state index in [-0.39, 0.29) is 17.9 Å². The molecule has 2 N–H and O–H groups in total. The van der Waals surface area contributed by atoms with Gasteiger partial charge in [-0.1, -0.05) is 12.1 Å². The molecular weight excluding hydrogens is 374 g/mol. The average Bonchev–Trinajstić information content (AvgIpc) is 3.22. The number of hydrogen-bond donors (Lipinski definition) is 2. The van der Waals surface area contributed by atoms with Crippen molar-refractivity contribution >= 4 is 23.2 Å². The van der Waals surface area contributed by atoms with Gasteiger partial charge in [-0.05, 0) is 30.3 Å². The lowest BCUT2D eigenvalue weighted by molar-refractivity contribution is 0.102. The van der Waals surface area contributed by atoms with Gasteiger partial charge in [-0.3, -0.25) is 14.6 Å². The lowest BCUT2D eigenvalue weighted by Crippen LogP contribution is -2.16. The van der Waals surface area contributed by atoms with Gasteiger partial charge in [0, 0.05) is 24.1 Å². The number of fused-ring (bicyclic) bond motifs is 1. The van der Waals surface area contributed by atoms with Crippen LogP contribution in [0, 0.1) is 0 Å². The first-order valence-corrected chi connectivity index (χ1v) is 8.74. The quantitative estimate of drug-likeness (QED) is 0.692. The molecule has 0 unspecified atom stereocenters. The molecule has 2 amide bonds. The van der Waals surface area contributed by atoms with Crippen LogP contribution in [0.4, 0.5) is 11.4 Å². The number of rotatable bonds is 5. The molecule has 0 aliphatic carbocycles. The summed E-state index contributed by atoms with van der Waals surface area (Å²) >= 11 is 0. The number of amides is 2. The molecule has 8 heteroatoms. The van der Waals surface area contributed by atoms with E-state index in [0.717, 1.165) is 0 Å². The highest BCUT2D eigenvalue weighted by atomic mass is 16.7. The number of methoxy groups -OCH3 is 1. The summed E-state index contributed by atoms with van der Waals surface area (Å²) in [5.74, 6) is 0.916. The number of anilines is 2. The standard InChI is InChI=1S/C21H17N3O5/c1-27-17-5-3-2-4-16(17)24-21(26)14-8-13(10-22-11-14)20(25)23-15-6-7-18-19(9-15)29-12-28-18/h2-11H,12H2,1H3,(H,23,25)(H,24,26). The Labute approximate surface area is 166 Å². The second kappa shape index (κ2) is 7.89. The van der Waals surface area contributed by atoms with Gasteiger partial charge in [-0.2, -0.15) is 0 Å². The molecule has 0 fully saturated rings. The van der Waals surface area contributed by atoms with E-state index in [2.05, 4.69) is 15.6 Å². The van der Waals surface area contributed by atoms with Gasteiger partial charge in [-0.15, -0.1) is 0 Å². The maximum Gasteiger partial charge on any atom is 0.257 e. The molecule has 0 saturated heterocycles. The van der Waals surface area contributed by atoms with Crippen LogP contribution in [0.15, 0.2) is 60.9 Å². The van der Waals surface area contributed by atoms with E-state index in [9.17, 15) is 9.59 Å². The molecule has 1 aliphatic rings. The Bertz CT molecular complexity index is 1080. The summed E-state index contributed by atoms with van der Waals surface area (Å²) < 4.78 is 15.8. The van der Waals surface area contributed by atoms with Crippen LogP contribution < -0.4 is 24.8 Å². The lowest BCUT2D eigenvalue weighted by atomic mass is 10.1. The number of aromatic nitrogens is 1. The van der Waals surface area contributed by atoms with Crippen molar-refractivity contribution < 1.29 is 23.8 Å². The van der Waals surface area contributed by atoms with Gasteiger partial charge < -0.3 is 24.8 Å². The zero-order valence-corrected chi connectivity index (χ0v) is 15.5. The van der Waals surface area contributed by atoms with Gasteiger partial charge in [0.15, 0.2) is 11.5 Å². The maximum absolute atomic E-state index is 12.6. The summed E-state index contributed by atoms with van der Waals surface area (Å²) in [7, 11) is 1.52. The van der Waals surface area contributed by atoms with Crippen LogP contribution in [0.25, 0.3) is 0 Å². The summed E-state index contributed by atoms with van der Waals surface area (Å²) in [6.07, 6.45) is 2.78. The van der Waals surface area contributed by atoms with E-state index >= 15 is 0 Å². The number of para-hydroxylation sites is 2. The fourth-order valence-electron chi connectivity index (χ4n) is 2.81. The lowest BCUT2D eigenvalue weighted by Gasteiger charge is -2.10. The molecule has 0 atom stereocenters. The highest BCUT2D eigenvalue weighted by Crippen LogP contribution is 2.34. The fraction of sp³-hybridized carbons (Fsp3) is 0.0952. The molecule has 3 aromatic rings. The first-order chi connectivity index (χ1) is 14.1. The van der Waals surface area contributed by atoms with Crippen molar-refractivity contribution in [2.45, 2.75) is 0 Å². The Morgan fingerprint density at radius 1 is 0.931 bits per heavy atom. The minimum absolute atomic E-state index is 0.153. The molecular formula is C21H17N3O5. The zero-order chi connectivity index (χ0) is 20.2. The summed E-state index contributed by atoms with van der Waals surface area (Å²) in [6, 6.07) is 13.6. The molecule has 4 rings (SSSR count). The fourth-order valence-corrected chi connectivity index (χ4v) is 2.81. The molecule has 1 aliphatic heterocycles. The maximum atomic E-state index is 12.6. The van der Waals surface area contributed by atoms with E-state index in [1.807, 2.05) is 0 Å². The number of carbonyl (C=O) groups is 2. The predicted octanol–water partition coefficient (Wildman–Crippen LogP) is 3.32. The summed E-state index contributed by atoms with van der Waals surface area (Å²) in [5, 5.41) is 5.51. The summed E-state index contributed by atoms with van der Waals surface area (Å²) in [4.78, 5) is 29.2. The second-order valence-corrected chi connectivity index (χ2v) is 6.14. The van der Waals surface area contributed by atoms with Crippen molar-refractivity contribution in [2.24, 2.45) is 0 Å². The molecule has 29 heavy (non-hydrogen) atoms. The third-order valence-electron chi connectivity index (χ3n) is 4.25. The van der Waals surface area contributed by atoms with Crippen LogP contribution in [-0.2, 0) is 0 Å². The van der Waals surface area contributed by atoms with Crippen LogP contribution >= 0.6 is 0 Å². The Kier molecular flexibility index (Phi) is 4.98. The van der Waals surface area contributed by atoms with Crippen LogP contribution in [0.3, 0.4) is 0 Å². The molecule has 1 aromatic heterocycles. The van der Waals surface area contributed by atoms with Gasteiger partial charge in [0.05, 0.1) is 23.9 Å². The number of benzene rings is 2. The number of hydrogen-bond acceptors (Lipinski definition) is 6. The average molecular weight is 391 g/mol. The van der Waals surface area contributed by atoms with Gasteiger partial charge >= 0.3 is 0 Å². The molecule has 2 heterocycles. The minimum Gasteiger partial charge on any atom is -0.495 e. The second-order valence-electron chi connectivity index (χ2n) is 6.14. The highest BCUT2D eigenvalue weighted by Gasteiger charge is 2.16. The highest BCUT2D eigenvalue weighted by molar-refractivity contribution is 6.08. The van der Waals surface area contributed by atoms with Crippen molar-refractivity contribution in [3.05, 3.63) is 72.1 Å². The summed E-state index contributed by atoms with van der Waals surface area (Å²) in [6.45, 7) is 0.153. The first kappa shape index (κ1) is 18.3. The van der Waals surface area contributed by atoms with E-state index < -0.39 is 11.8 Å². The van der Waals surface area contributed by atoms with Crippen molar-refractivity contribution in [1.29, 1.82) is 0 Å². The SMILES string of the molecule is COc1ccccc1NC(=O)c1cncc(C(=O)Nc2ccc3c(c2)OCO3)c1. The number of nitrogens with zero attached hydrogens (tertiary/aromatic N) is 1. The van der Waals surface area contributed by atoms with E-state index in [1.54, 1.807) is 42.5 Å². The van der Waals surface area contributed by atoms with E-state index in [1.165, 1.54) is 25.6 Å². The number of nitrogens with one attached hydrogen (secondary N) is 2. The molecule has 0 saturated carbocycles. The third kappa shape index (κ3) is 3.96. The summed E-state index contributed by atoms with van der Waals surface area (Å²) in [5.41, 5.74) is 1.56. The van der Waals surface area contributed by atoms with Crippen molar-refractivity contribution in [3.8, 4) is 17.2 Å². The van der Waals surface area contributed by atoms with Gasteiger partial charge in [0.25, 0.3) is 11.8 Å². The van der Waals surface area contributed by atoms with Gasteiger partial charge in [0.1, 0.15) is 5.75 Å². The van der Waals surface area contributed by atoms with Crippen LogP contribution in [0.5, 0.6) is 17.2 Å². The molecule has 0 spiro atoms. The van der Waals surface area contributed by atoms with Crippen LogP contribution in [-0.4, -0.2) is 30.7 Å². The van der Waals surface area contributed by atoms with Crippen molar-refractivity contribution in [1.82, 2.24) is 4.98 Å². The Balaban J connectivity index is 1.49. The normalized spacial score (nSPS) is 11.6. The zero-order valence-electron chi connectivity index (χ0n) is 15.5. The smallest absolute Gasteiger partial charge is 0.257 e. The Hall–Kier alpha value is -4.07. The van der Waals surface area contributed by atoms with Crippen LogP contribution in [0.1, 0.15) is 20.7 Å². The predicted molar refractivity (Wildman–Crippen MR) is 106 cm³/mol. The molecule has 0 radical (unpaired) electrons. The Morgan fingerprint density at radius 3 is 2.45 bits per heavy atom. The number of pyridine rings is 1. The van der Waals surface area contributed by atoms with Crippen molar-refractivity contribution in [2.75, 3.05) is 24.5 Å². The monoisotopic (exact) mass is 391 g/mol. The molecule has 2 aromatic carbocycles. The van der Waals surface area contributed by atoms with E-state index in [0.29, 0.717) is 28.6 Å². The molecule has 8 nitrogen and oxygen atoms in total. The first-order valence-electron chi connectivity index (χ1n) is 8.74. The molecule has 0 bridgehead atoms. The van der Waals surface area contributed by atoms with Gasteiger partial charge in [0.2, 0.25) is 6.79 Å². The van der Waals surface area contributed by atoms with Crippen LogP contribution in [0.2, 0.25) is 0 Å². The molecule has 146 valence electrons. The Morgan fingerprint density at radius 2 is 1.66 bits per heavy atom. The number of ether oxygens (including phenoxy) is 3. The minimum atomic E-state index is -0.403. The van der Waals surface area contributed by atoms with Crippen molar-refractivity contribution in [3.63, 3.8) is 0 Å². The topological polar surface area (TPSA) is 98.8 Å². The third-order valence-corrected chi connectivity index (χ3v) is 4.25. The van der Waals surface area contributed by atoms with Gasteiger partial charge in [-0.25, -0.2) is 0 Å². The largest absolute Gasteiger partial charge is 0.495 e. The van der Waals surface area contributed by atoms with E-state index in [4.69, 9.17) is 14.2 Å². The number of carbonyl (C=O) groups excluding carboxylic acids is 2.